The molecule has 126 valence electrons. The molecule has 0 aliphatic carbocycles. The molecule has 0 spiro atoms. The van der Waals surface area contributed by atoms with Gasteiger partial charge < -0.3 is 19.8 Å². The third kappa shape index (κ3) is 2.92. The van der Waals surface area contributed by atoms with Crippen molar-refractivity contribution in [2.45, 2.75) is 0 Å². The molecule has 0 unspecified atom stereocenters. The molecule has 4 aromatic rings. The van der Waals surface area contributed by atoms with Gasteiger partial charge in [0.15, 0.2) is 11.5 Å². The zero-order valence-corrected chi connectivity index (χ0v) is 14.7. The van der Waals surface area contributed by atoms with Gasteiger partial charge in [0.25, 0.3) is 0 Å². The van der Waals surface area contributed by atoms with Crippen molar-refractivity contribution in [3.8, 4) is 22.8 Å². The lowest BCUT2D eigenvalue weighted by molar-refractivity contribution is 0.355. The molecule has 3 heterocycles. The highest BCUT2D eigenvalue weighted by atomic mass is 32.1. The Labute approximate surface area is 149 Å². The van der Waals surface area contributed by atoms with Crippen molar-refractivity contribution in [2.75, 3.05) is 19.5 Å². The molecule has 0 saturated carbocycles. The van der Waals surface area contributed by atoms with Gasteiger partial charge in [0.05, 0.1) is 19.7 Å². The van der Waals surface area contributed by atoms with Crippen LogP contribution in [0.25, 0.3) is 22.2 Å². The predicted molar refractivity (Wildman–Crippen MR) is 102 cm³/mol. The van der Waals surface area contributed by atoms with Gasteiger partial charge in [-0.3, -0.25) is 0 Å². The molecule has 4 rings (SSSR count). The highest BCUT2D eigenvalue weighted by Crippen LogP contribution is 2.33. The van der Waals surface area contributed by atoms with E-state index in [9.17, 15) is 0 Å². The molecular formula is C19H17N3O2S. The maximum atomic E-state index is 5.36. The van der Waals surface area contributed by atoms with Crippen LogP contribution in [0.5, 0.6) is 11.5 Å². The number of benzene rings is 1. The number of hydrogen-bond donors (Lipinski definition) is 2. The van der Waals surface area contributed by atoms with Crippen molar-refractivity contribution < 1.29 is 9.47 Å². The molecule has 0 fully saturated rings. The molecule has 0 saturated heterocycles. The molecule has 0 aliphatic rings. The molecule has 3 aromatic heterocycles. The van der Waals surface area contributed by atoms with Crippen LogP contribution in [0.1, 0.15) is 0 Å². The molecule has 5 nitrogen and oxygen atoms in total. The van der Waals surface area contributed by atoms with Gasteiger partial charge in [0.2, 0.25) is 0 Å². The van der Waals surface area contributed by atoms with E-state index in [2.05, 4.69) is 38.2 Å². The SMILES string of the molecule is COc1ccc(Nc2nccc3[nH]c(-c4ccsc4)cc23)cc1OC. The smallest absolute Gasteiger partial charge is 0.162 e. The molecule has 2 N–H and O–H groups in total. The van der Waals surface area contributed by atoms with Gasteiger partial charge in [-0.2, -0.15) is 11.3 Å². The Morgan fingerprint density at radius 2 is 1.92 bits per heavy atom. The van der Waals surface area contributed by atoms with Crippen molar-refractivity contribution in [3.63, 3.8) is 0 Å². The number of pyridine rings is 1. The summed E-state index contributed by atoms with van der Waals surface area (Å²) in [5, 5.41) is 8.60. The number of ether oxygens (including phenoxy) is 2. The average molecular weight is 351 g/mol. The van der Waals surface area contributed by atoms with E-state index < -0.39 is 0 Å². The lowest BCUT2D eigenvalue weighted by Crippen LogP contribution is -1.96. The maximum absolute atomic E-state index is 5.36. The Balaban J connectivity index is 1.72. The largest absolute Gasteiger partial charge is 0.493 e. The molecule has 0 amide bonds. The molecule has 1 aromatic carbocycles. The van der Waals surface area contributed by atoms with Crippen LogP contribution in [0.15, 0.2) is 53.4 Å². The highest BCUT2D eigenvalue weighted by Gasteiger charge is 2.10. The van der Waals surface area contributed by atoms with E-state index in [1.807, 2.05) is 24.3 Å². The number of thiophene rings is 1. The zero-order chi connectivity index (χ0) is 17.2. The molecule has 25 heavy (non-hydrogen) atoms. The summed E-state index contributed by atoms with van der Waals surface area (Å²) in [4.78, 5) is 7.94. The number of fused-ring (bicyclic) bond motifs is 1. The van der Waals surface area contributed by atoms with Crippen LogP contribution in [0.4, 0.5) is 11.5 Å². The van der Waals surface area contributed by atoms with E-state index in [4.69, 9.17) is 9.47 Å². The van der Waals surface area contributed by atoms with Crippen molar-refractivity contribution in [3.05, 3.63) is 53.4 Å². The molecular weight excluding hydrogens is 334 g/mol. The Morgan fingerprint density at radius 1 is 1.04 bits per heavy atom. The molecule has 0 bridgehead atoms. The van der Waals surface area contributed by atoms with Crippen molar-refractivity contribution >= 4 is 33.7 Å². The third-order valence-electron chi connectivity index (χ3n) is 4.03. The normalized spacial score (nSPS) is 10.8. The summed E-state index contributed by atoms with van der Waals surface area (Å²) in [6.07, 6.45) is 1.79. The van der Waals surface area contributed by atoms with Gasteiger partial charge in [-0.05, 0) is 35.7 Å². The van der Waals surface area contributed by atoms with E-state index in [1.54, 1.807) is 31.8 Å². The van der Waals surface area contributed by atoms with Crippen molar-refractivity contribution in [1.29, 1.82) is 0 Å². The first-order valence-corrected chi connectivity index (χ1v) is 8.72. The quantitative estimate of drug-likeness (QED) is 0.528. The van der Waals surface area contributed by atoms with Gasteiger partial charge in [-0.15, -0.1) is 0 Å². The predicted octanol–water partition coefficient (Wildman–Crippen LogP) is 5.05. The lowest BCUT2D eigenvalue weighted by Gasteiger charge is -2.11. The number of rotatable bonds is 5. The van der Waals surface area contributed by atoms with E-state index in [1.165, 1.54) is 5.56 Å². The first-order chi connectivity index (χ1) is 12.3. The van der Waals surface area contributed by atoms with E-state index in [0.717, 1.165) is 28.1 Å². The van der Waals surface area contributed by atoms with Crippen molar-refractivity contribution in [1.82, 2.24) is 9.97 Å². The number of nitrogens with one attached hydrogen (secondary N) is 2. The standard InChI is InChI=1S/C19H17N3O2S/c1-23-17-4-3-13(9-18(17)24-2)21-19-14-10-16(12-6-8-25-11-12)22-15(14)5-7-20-19/h3-11,22H,1-2H3,(H,20,21). The fourth-order valence-corrected chi connectivity index (χ4v) is 3.43. The van der Waals surface area contributed by atoms with Gasteiger partial charge in [-0.1, -0.05) is 0 Å². The first-order valence-electron chi connectivity index (χ1n) is 7.78. The average Bonchev–Trinajstić information content (AvgIpc) is 3.31. The summed E-state index contributed by atoms with van der Waals surface area (Å²) < 4.78 is 10.6. The molecule has 0 aliphatic heterocycles. The number of aromatic nitrogens is 2. The summed E-state index contributed by atoms with van der Waals surface area (Å²) in [6.45, 7) is 0. The van der Waals surface area contributed by atoms with E-state index in [-0.39, 0.29) is 0 Å². The second-order valence-electron chi connectivity index (χ2n) is 5.51. The second-order valence-corrected chi connectivity index (χ2v) is 6.29. The number of anilines is 2. The topological polar surface area (TPSA) is 59.2 Å². The monoisotopic (exact) mass is 351 g/mol. The summed E-state index contributed by atoms with van der Waals surface area (Å²) >= 11 is 1.68. The number of H-pyrrole nitrogens is 1. The minimum atomic E-state index is 0.674. The van der Waals surface area contributed by atoms with E-state index in [0.29, 0.717) is 11.5 Å². The Hall–Kier alpha value is -2.99. The summed E-state index contributed by atoms with van der Waals surface area (Å²) in [6, 6.07) is 11.9. The molecule has 0 atom stereocenters. The maximum Gasteiger partial charge on any atom is 0.162 e. The Morgan fingerprint density at radius 3 is 2.68 bits per heavy atom. The number of methoxy groups -OCH3 is 2. The number of nitrogens with zero attached hydrogens (tertiary/aromatic N) is 1. The van der Waals surface area contributed by atoms with Gasteiger partial charge in [0.1, 0.15) is 5.82 Å². The lowest BCUT2D eigenvalue weighted by atomic mass is 10.2. The van der Waals surface area contributed by atoms with Crippen LogP contribution in [-0.4, -0.2) is 24.2 Å². The minimum absolute atomic E-state index is 0.674. The summed E-state index contributed by atoms with van der Waals surface area (Å²) in [5.41, 5.74) is 4.19. The number of aromatic amines is 1. The summed E-state index contributed by atoms with van der Waals surface area (Å²) in [5.74, 6) is 2.16. The van der Waals surface area contributed by atoms with Crippen LogP contribution in [0.2, 0.25) is 0 Å². The van der Waals surface area contributed by atoms with Crippen molar-refractivity contribution in [2.24, 2.45) is 0 Å². The van der Waals surface area contributed by atoms with Crippen LogP contribution in [0.3, 0.4) is 0 Å². The van der Waals surface area contributed by atoms with Gasteiger partial charge in [0, 0.05) is 40.0 Å². The third-order valence-corrected chi connectivity index (χ3v) is 4.71. The fourth-order valence-electron chi connectivity index (χ4n) is 2.78. The summed E-state index contributed by atoms with van der Waals surface area (Å²) in [7, 11) is 3.25. The zero-order valence-electron chi connectivity index (χ0n) is 13.9. The second kappa shape index (κ2) is 6.49. The van der Waals surface area contributed by atoms with Gasteiger partial charge in [-0.25, -0.2) is 4.98 Å². The van der Waals surface area contributed by atoms with Crippen LogP contribution < -0.4 is 14.8 Å². The molecule has 0 radical (unpaired) electrons. The van der Waals surface area contributed by atoms with Crippen LogP contribution in [0, 0.1) is 0 Å². The number of hydrogen-bond acceptors (Lipinski definition) is 5. The molecule has 6 heteroatoms. The highest BCUT2D eigenvalue weighted by molar-refractivity contribution is 7.08. The Bertz CT molecular complexity index is 1010. The van der Waals surface area contributed by atoms with Crippen LogP contribution >= 0.6 is 11.3 Å². The van der Waals surface area contributed by atoms with Gasteiger partial charge >= 0.3 is 0 Å². The minimum Gasteiger partial charge on any atom is -0.493 e. The van der Waals surface area contributed by atoms with E-state index >= 15 is 0 Å². The Kier molecular flexibility index (Phi) is 4.03. The fraction of sp³-hybridized carbons (Fsp3) is 0.105. The van der Waals surface area contributed by atoms with Crippen LogP contribution in [-0.2, 0) is 0 Å². The first kappa shape index (κ1) is 15.5.